The molecule has 1 aliphatic rings. The van der Waals surface area contributed by atoms with Crippen molar-refractivity contribution in [3.8, 4) is 0 Å². The zero-order valence-electron chi connectivity index (χ0n) is 6.59. The van der Waals surface area contributed by atoms with E-state index >= 15 is 0 Å². The molecule has 0 amide bonds. The molecule has 2 atom stereocenters. The molecule has 0 heterocycles. The number of hydrogen-bond acceptors (Lipinski definition) is 1. The molecule has 1 N–H and O–H groups in total. The highest BCUT2D eigenvalue weighted by Gasteiger charge is 2.32. The maximum Gasteiger partial charge on any atom is 0.0596 e. The fraction of sp³-hybridized carbons (Fsp3) is 0.778. The van der Waals surface area contributed by atoms with Crippen molar-refractivity contribution in [3.05, 3.63) is 12.7 Å². The fourth-order valence-electron chi connectivity index (χ4n) is 1.30. The van der Waals surface area contributed by atoms with Gasteiger partial charge in [-0.05, 0) is 31.1 Å². The molecule has 0 saturated heterocycles. The van der Waals surface area contributed by atoms with Crippen LogP contribution in [-0.2, 0) is 0 Å². The number of aliphatic hydroxyl groups is 1. The van der Waals surface area contributed by atoms with Gasteiger partial charge in [0.15, 0.2) is 0 Å². The Balaban J connectivity index is 2.23. The predicted molar refractivity (Wildman–Crippen MR) is 42.7 cm³/mol. The fourth-order valence-corrected chi connectivity index (χ4v) is 1.30. The Hall–Kier alpha value is -0.300. The molecule has 0 bridgehead atoms. The van der Waals surface area contributed by atoms with Gasteiger partial charge in [-0.25, -0.2) is 0 Å². The highest BCUT2D eigenvalue weighted by molar-refractivity contribution is 4.86. The molecule has 1 aliphatic carbocycles. The van der Waals surface area contributed by atoms with Crippen molar-refractivity contribution in [2.45, 2.75) is 32.3 Å². The van der Waals surface area contributed by atoms with Gasteiger partial charge in [-0.2, -0.15) is 0 Å². The SMILES string of the molecule is C=CC[C@@H](C)[C@H](O)C1CC1. The first-order valence-electron chi connectivity index (χ1n) is 4.04. The summed E-state index contributed by atoms with van der Waals surface area (Å²) in [4.78, 5) is 0. The Morgan fingerprint density at radius 3 is 2.70 bits per heavy atom. The summed E-state index contributed by atoms with van der Waals surface area (Å²) in [7, 11) is 0. The third kappa shape index (κ3) is 1.84. The Morgan fingerprint density at radius 1 is 1.70 bits per heavy atom. The van der Waals surface area contributed by atoms with Gasteiger partial charge < -0.3 is 5.11 Å². The first-order valence-corrected chi connectivity index (χ1v) is 4.04. The molecule has 1 heteroatoms. The minimum atomic E-state index is -0.0713. The van der Waals surface area contributed by atoms with Gasteiger partial charge >= 0.3 is 0 Å². The van der Waals surface area contributed by atoms with E-state index in [1.165, 1.54) is 12.8 Å². The Morgan fingerprint density at radius 2 is 2.30 bits per heavy atom. The summed E-state index contributed by atoms with van der Waals surface area (Å²) >= 11 is 0. The zero-order chi connectivity index (χ0) is 7.56. The van der Waals surface area contributed by atoms with Crippen LogP contribution in [0.2, 0.25) is 0 Å². The van der Waals surface area contributed by atoms with E-state index in [0.29, 0.717) is 11.8 Å². The molecule has 1 saturated carbocycles. The van der Waals surface area contributed by atoms with Gasteiger partial charge in [0.25, 0.3) is 0 Å². The van der Waals surface area contributed by atoms with Crippen LogP contribution in [0, 0.1) is 11.8 Å². The van der Waals surface area contributed by atoms with Crippen LogP contribution in [0.1, 0.15) is 26.2 Å². The number of allylic oxidation sites excluding steroid dienone is 1. The summed E-state index contributed by atoms with van der Waals surface area (Å²) in [5.74, 6) is 1.01. The number of aliphatic hydroxyl groups excluding tert-OH is 1. The molecule has 10 heavy (non-hydrogen) atoms. The molecule has 1 rings (SSSR count). The van der Waals surface area contributed by atoms with Crippen molar-refractivity contribution in [1.29, 1.82) is 0 Å². The van der Waals surface area contributed by atoms with E-state index in [1.807, 2.05) is 6.08 Å². The second-order valence-electron chi connectivity index (χ2n) is 3.33. The van der Waals surface area contributed by atoms with Crippen molar-refractivity contribution in [2.75, 3.05) is 0 Å². The van der Waals surface area contributed by atoms with Crippen LogP contribution in [0.5, 0.6) is 0 Å². The van der Waals surface area contributed by atoms with Gasteiger partial charge in [-0.3, -0.25) is 0 Å². The molecule has 0 aromatic rings. The standard InChI is InChI=1S/C9H16O/c1-3-4-7(2)9(10)8-5-6-8/h3,7-10H,1,4-6H2,2H3/t7-,9+/m1/s1. The summed E-state index contributed by atoms with van der Waals surface area (Å²) in [5, 5.41) is 9.54. The first kappa shape index (κ1) is 7.80. The lowest BCUT2D eigenvalue weighted by Gasteiger charge is -2.15. The normalized spacial score (nSPS) is 23.8. The van der Waals surface area contributed by atoms with Crippen LogP contribution in [0.4, 0.5) is 0 Å². The lowest BCUT2D eigenvalue weighted by molar-refractivity contribution is 0.0962. The smallest absolute Gasteiger partial charge is 0.0596 e. The quantitative estimate of drug-likeness (QED) is 0.592. The monoisotopic (exact) mass is 140 g/mol. The lowest BCUT2D eigenvalue weighted by Crippen LogP contribution is -2.18. The molecule has 0 aromatic carbocycles. The molecule has 1 nitrogen and oxygen atoms in total. The van der Waals surface area contributed by atoms with Crippen LogP contribution < -0.4 is 0 Å². The van der Waals surface area contributed by atoms with Crippen LogP contribution in [0.3, 0.4) is 0 Å². The second kappa shape index (κ2) is 3.20. The molecule has 58 valence electrons. The van der Waals surface area contributed by atoms with E-state index in [2.05, 4.69) is 13.5 Å². The van der Waals surface area contributed by atoms with E-state index in [1.54, 1.807) is 0 Å². The third-order valence-corrected chi connectivity index (χ3v) is 2.23. The molecule has 0 unspecified atom stereocenters. The minimum absolute atomic E-state index is 0.0713. The third-order valence-electron chi connectivity index (χ3n) is 2.23. The molecule has 0 radical (unpaired) electrons. The average Bonchev–Trinajstić information content (AvgIpc) is 2.68. The van der Waals surface area contributed by atoms with Gasteiger partial charge in [0.1, 0.15) is 0 Å². The van der Waals surface area contributed by atoms with Crippen molar-refractivity contribution in [1.82, 2.24) is 0 Å². The van der Waals surface area contributed by atoms with Crippen molar-refractivity contribution < 1.29 is 5.11 Å². The Kier molecular flexibility index (Phi) is 2.50. The Bertz CT molecular complexity index is 116. The van der Waals surface area contributed by atoms with Crippen LogP contribution in [0.15, 0.2) is 12.7 Å². The molecule has 0 aromatic heterocycles. The minimum Gasteiger partial charge on any atom is -0.393 e. The highest BCUT2D eigenvalue weighted by atomic mass is 16.3. The summed E-state index contributed by atoms with van der Waals surface area (Å²) in [6, 6.07) is 0. The van der Waals surface area contributed by atoms with Crippen LogP contribution in [0.25, 0.3) is 0 Å². The van der Waals surface area contributed by atoms with Crippen molar-refractivity contribution >= 4 is 0 Å². The summed E-state index contributed by atoms with van der Waals surface area (Å²) < 4.78 is 0. The average molecular weight is 140 g/mol. The first-order chi connectivity index (χ1) is 4.75. The molecule has 0 aliphatic heterocycles. The second-order valence-corrected chi connectivity index (χ2v) is 3.33. The summed E-state index contributed by atoms with van der Waals surface area (Å²) in [6.07, 6.45) is 5.21. The van der Waals surface area contributed by atoms with E-state index in [-0.39, 0.29) is 6.10 Å². The summed E-state index contributed by atoms with van der Waals surface area (Å²) in [5.41, 5.74) is 0. The van der Waals surface area contributed by atoms with Crippen molar-refractivity contribution in [3.63, 3.8) is 0 Å². The maximum atomic E-state index is 9.54. The maximum absolute atomic E-state index is 9.54. The largest absolute Gasteiger partial charge is 0.393 e. The van der Waals surface area contributed by atoms with E-state index < -0.39 is 0 Å². The van der Waals surface area contributed by atoms with Gasteiger partial charge in [-0.1, -0.05) is 13.0 Å². The predicted octanol–water partition coefficient (Wildman–Crippen LogP) is 1.97. The zero-order valence-corrected chi connectivity index (χ0v) is 6.59. The van der Waals surface area contributed by atoms with E-state index in [4.69, 9.17) is 0 Å². The molecule has 1 fully saturated rings. The van der Waals surface area contributed by atoms with Gasteiger partial charge in [0.2, 0.25) is 0 Å². The van der Waals surface area contributed by atoms with Gasteiger partial charge in [-0.15, -0.1) is 6.58 Å². The molecular formula is C9H16O. The van der Waals surface area contributed by atoms with Crippen LogP contribution in [-0.4, -0.2) is 11.2 Å². The molecule has 0 spiro atoms. The number of rotatable bonds is 4. The van der Waals surface area contributed by atoms with Crippen molar-refractivity contribution in [2.24, 2.45) is 11.8 Å². The number of hydrogen-bond donors (Lipinski definition) is 1. The van der Waals surface area contributed by atoms with E-state index in [0.717, 1.165) is 6.42 Å². The highest BCUT2D eigenvalue weighted by Crippen LogP contribution is 2.36. The summed E-state index contributed by atoms with van der Waals surface area (Å²) in [6.45, 7) is 5.74. The molecular weight excluding hydrogens is 124 g/mol. The lowest BCUT2D eigenvalue weighted by atomic mass is 9.97. The Labute approximate surface area is 62.8 Å². The van der Waals surface area contributed by atoms with Gasteiger partial charge in [0.05, 0.1) is 6.10 Å². The topological polar surface area (TPSA) is 20.2 Å². The van der Waals surface area contributed by atoms with Crippen LogP contribution >= 0.6 is 0 Å². The van der Waals surface area contributed by atoms with Gasteiger partial charge in [0, 0.05) is 0 Å². The van der Waals surface area contributed by atoms with E-state index in [9.17, 15) is 5.11 Å².